The molecule has 2 rings (SSSR count). The maximum absolute atomic E-state index is 11.3. The molecule has 0 saturated heterocycles. The zero-order valence-electron chi connectivity index (χ0n) is 9.21. The molecular formula is C10H15N5O. The summed E-state index contributed by atoms with van der Waals surface area (Å²) in [6.45, 7) is 4.15. The van der Waals surface area contributed by atoms with E-state index in [1.54, 1.807) is 0 Å². The summed E-state index contributed by atoms with van der Waals surface area (Å²) in [4.78, 5) is 19.8. The molecule has 86 valence electrons. The van der Waals surface area contributed by atoms with Gasteiger partial charge >= 0.3 is 0 Å². The molecule has 0 fully saturated rings. The summed E-state index contributed by atoms with van der Waals surface area (Å²) in [6.07, 6.45) is 0.802. The summed E-state index contributed by atoms with van der Waals surface area (Å²) < 4.78 is 0. The van der Waals surface area contributed by atoms with Crippen LogP contribution in [0.25, 0.3) is 0 Å². The van der Waals surface area contributed by atoms with Gasteiger partial charge in [-0.2, -0.15) is 0 Å². The van der Waals surface area contributed by atoms with Crippen molar-refractivity contribution < 1.29 is 4.79 Å². The monoisotopic (exact) mass is 221 g/mol. The predicted molar refractivity (Wildman–Crippen MR) is 60.1 cm³/mol. The van der Waals surface area contributed by atoms with Gasteiger partial charge in [-0.3, -0.25) is 4.79 Å². The molecule has 4 N–H and O–H groups in total. The van der Waals surface area contributed by atoms with Gasteiger partial charge in [0.25, 0.3) is 5.91 Å². The summed E-state index contributed by atoms with van der Waals surface area (Å²) in [6, 6.07) is 0. The summed E-state index contributed by atoms with van der Waals surface area (Å²) in [5.41, 5.74) is 7.39. The van der Waals surface area contributed by atoms with Gasteiger partial charge in [-0.1, -0.05) is 0 Å². The van der Waals surface area contributed by atoms with E-state index in [1.165, 1.54) is 0 Å². The highest BCUT2D eigenvalue weighted by Crippen LogP contribution is 2.17. The van der Waals surface area contributed by atoms with Crippen molar-refractivity contribution in [1.82, 2.24) is 15.3 Å². The van der Waals surface area contributed by atoms with Crippen molar-refractivity contribution in [3.05, 3.63) is 17.0 Å². The SMILES string of the molecule is CCNc1nc2c(c(C(N)=O)n1)CNCC2. The van der Waals surface area contributed by atoms with Crippen LogP contribution >= 0.6 is 0 Å². The Bertz CT molecular complexity index is 418. The number of primary amides is 1. The van der Waals surface area contributed by atoms with Crippen LogP contribution in [0.1, 0.15) is 28.7 Å². The van der Waals surface area contributed by atoms with E-state index in [-0.39, 0.29) is 0 Å². The highest BCUT2D eigenvalue weighted by Gasteiger charge is 2.20. The Morgan fingerprint density at radius 2 is 2.38 bits per heavy atom. The fourth-order valence-electron chi connectivity index (χ4n) is 1.78. The smallest absolute Gasteiger partial charge is 0.267 e. The van der Waals surface area contributed by atoms with Crippen LogP contribution in [-0.2, 0) is 13.0 Å². The molecule has 0 aromatic carbocycles. The first-order valence-electron chi connectivity index (χ1n) is 5.36. The van der Waals surface area contributed by atoms with Crippen LogP contribution < -0.4 is 16.4 Å². The average Bonchev–Trinajstić information content (AvgIpc) is 2.28. The third-order valence-corrected chi connectivity index (χ3v) is 2.50. The van der Waals surface area contributed by atoms with E-state index in [2.05, 4.69) is 20.6 Å². The first kappa shape index (κ1) is 10.8. The number of rotatable bonds is 3. The first-order chi connectivity index (χ1) is 7.72. The van der Waals surface area contributed by atoms with Gasteiger partial charge in [0.2, 0.25) is 5.95 Å². The van der Waals surface area contributed by atoms with Gasteiger partial charge in [0.15, 0.2) is 0 Å². The van der Waals surface area contributed by atoms with Gasteiger partial charge in [0.05, 0.1) is 5.69 Å². The summed E-state index contributed by atoms with van der Waals surface area (Å²) >= 11 is 0. The van der Waals surface area contributed by atoms with Gasteiger partial charge in [0.1, 0.15) is 5.69 Å². The predicted octanol–water partition coefficient (Wildman–Crippen LogP) is -0.347. The number of hydrogen-bond donors (Lipinski definition) is 3. The van der Waals surface area contributed by atoms with Crippen LogP contribution in [0.2, 0.25) is 0 Å². The fourth-order valence-corrected chi connectivity index (χ4v) is 1.78. The molecule has 0 radical (unpaired) electrons. The summed E-state index contributed by atoms with van der Waals surface area (Å²) in [5, 5.41) is 6.18. The largest absolute Gasteiger partial charge is 0.364 e. The molecule has 1 amide bonds. The molecule has 1 aromatic heterocycles. The molecule has 0 bridgehead atoms. The van der Waals surface area contributed by atoms with Gasteiger partial charge in [-0.05, 0) is 6.92 Å². The Morgan fingerprint density at radius 3 is 3.06 bits per heavy atom. The van der Waals surface area contributed by atoms with Crippen molar-refractivity contribution >= 4 is 11.9 Å². The molecule has 0 atom stereocenters. The molecule has 0 aliphatic carbocycles. The van der Waals surface area contributed by atoms with Crippen LogP contribution in [0.15, 0.2) is 0 Å². The molecule has 2 heterocycles. The average molecular weight is 221 g/mol. The maximum atomic E-state index is 11.3. The molecule has 0 unspecified atom stereocenters. The van der Waals surface area contributed by atoms with Gasteiger partial charge in [-0.25, -0.2) is 9.97 Å². The number of anilines is 1. The van der Waals surface area contributed by atoms with Gasteiger partial charge in [-0.15, -0.1) is 0 Å². The van der Waals surface area contributed by atoms with E-state index < -0.39 is 5.91 Å². The minimum Gasteiger partial charge on any atom is -0.364 e. The van der Waals surface area contributed by atoms with Crippen molar-refractivity contribution in [2.45, 2.75) is 19.9 Å². The normalized spacial score (nSPS) is 14.3. The number of hydrogen-bond acceptors (Lipinski definition) is 5. The second-order valence-electron chi connectivity index (χ2n) is 3.64. The zero-order chi connectivity index (χ0) is 11.5. The Morgan fingerprint density at radius 1 is 1.56 bits per heavy atom. The lowest BCUT2D eigenvalue weighted by Crippen LogP contribution is -2.29. The Hall–Kier alpha value is -1.69. The number of carbonyl (C=O) groups excluding carboxylic acids is 1. The number of carbonyl (C=O) groups is 1. The van der Waals surface area contributed by atoms with Crippen LogP contribution in [-0.4, -0.2) is 29.0 Å². The highest BCUT2D eigenvalue weighted by atomic mass is 16.1. The highest BCUT2D eigenvalue weighted by molar-refractivity contribution is 5.92. The lowest BCUT2D eigenvalue weighted by molar-refractivity contribution is 0.0994. The number of fused-ring (bicyclic) bond motifs is 1. The molecule has 0 saturated carbocycles. The molecule has 1 aliphatic heterocycles. The number of nitrogens with one attached hydrogen (secondary N) is 2. The van der Waals surface area contributed by atoms with E-state index in [0.29, 0.717) is 18.2 Å². The number of nitrogens with two attached hydrogens (primary N) is 1. The van der Waals surface area contributed by atoms with Crippen molar-refractivity contribution in [2.24, 2.45) is 5.73 Å². The summed E-state index contributed by atoms with van der Waals surface area (Å²) in [7, 11) is 0. The fraction of sp³-hybridized carbons (Fsp3) is 0.500. The van der Waals surface area contributed by atoms with Crippen LogP contribution in [0, 0.1) is 0 Å². The molecule has 1 aliphatic rings. The zero-order valence-corrected chi connectivity index (χ0v) is 9.21. The van der Waals surface area contributed by atoms with Crippen LogP contribution in [0.5, 0.6) is 0 Å². The Kier molecular flexibility index (Phi) is 3.00. The second-order valence-corrected chi connectivity index (χ2v) is 3.64. The Labute approximate surface area is 93.7 Å². The quantitative estimate of drug-likeness (QED) is 0.649. The third kappa shape index (κ3) is 1.96. The van der Waals surface area contributed by atoms with Crippen molar-refractivity contribution in [3.8, 4) is 0 Å². The Balaban J connectivity index is 2.47. The lowest BCUT2D eigenvalue weighted by Gasteiger charge is -2.18. The van der Waals surface area contributed by atoms with Gasteiger partial charge in [0, 0.05) is 31.6 Å². The van der Waals surface area contributed by atoms with E-state index in [1.807, 2.05) is 6.92 Å². The standard InChI is InChI=1S/C10H15N5O/c1-2-13-10-14-7-3-4-12-5-6(7)8(15-10)9(11)16/h12H,2-5H2,1H3,(H2,11,16)(H,13,14,15). The molecule has 16 heavy (non-hydrogen) atoms. The van der Waals surface area contributed by atoms with E-state index in [9.17, 15) is 4.79 Å². The van der Waals surface area contributed by atoms with Crippen LogP contribution in [0.4, 0.5) is 5.95 Å². The van der Waals surface area contributed by atoms with Crippen LogP contribution in [0.3, 0.4) is 0 Å². The molecule has 0 spiro atoms. The molecule has 1 aromatic rings. The number of amides is 1. The minimum absolute atomic E-state index is 0.327. The summed E-state index contributed by atoms with van der Waals surface area (Å²) in [5.74, 6) is -0.0153. The number of aromatic nitrogens is 2. The van der Waals surface area contributed by atoms with E-state index >= 15 is 0 Å². The third-order valence-electron chi connectivity index (χ3n) is 2.50. The van der Waals surface area contributed by atoms with Gasteiger partial charge < -0.3 is 16.4 Å². The molecule has 6 nitrogen and oxygen atoms in total. The maximum Gasteiger partial charge on any atom is 0.267 e. The molecule has 6 heteroatoms. The first-order valence-corrected chi connectivity index (χ1v) is 5.36. The van der Waals surface area contributed by atoms with Crippen molar-refractivity contribution in [3.63, 3.8) is 0 Å². The topological polar surface area (TPSA) is 92.9 Å². The minimum atomic E-state index is -0.499. The molecular weight excluding hydrogens is 206 g/mol. The number of nitrogens with zero attached hydrogens (tertiary/aromatic N) is 2. The van der Waals surface area contributed by atoms with Crippen molar-refractivity contribution in [2.75, 3.05) is 18.4 Å². The lowest BCUT2D eigenvalue weighted by atomic mass is 10.1. The van der Waals surface area contributed by atoms with E-state index in [4.69, 9.17) is 5.73 Å². The second kappa shape index (κ2) is 4.44. The van der Waals surface area contributed by atoms with E-state index in [0.717, 1.165) is 30.8 Å². The van der Waals surface area contributed by atoms with Crippen molar-refractivity contribution in [1.29, 1.82) is 0 Å².